The number of nitrogens with zero attached hydrogens (tertiary/aromatic N) is 8. The number of methoxy groups -OCH3 is 1. The van der Waals surface area contributed by atoms with Crippen LogP contribution in [0.1, 0.15) is 73.5 Å². The van der Waals surface area contributed by atoms with Crippen LogP contribution in [0, 0.1) is 0 Å². The minimum Gasteiger partial charge on any atom is -0.497 e. The Hall–Kier alpha value is -7.28. The number of aromatic nitrogens is 4. The fourth-order valence-corrected chi connectivity index (χ4v) is 10.3. The molecule has 2 aromatic heterocycles. The third-order valence-electron chi connectivity index (χ3n) is 14.7. The Morgan fingerprint density at radius 3 is 2.19 bits per heavy atom. The Morgan fingerprint density at radius 2 is 1.45 bits per heavy atom. The van der Waals surface area contributed by atoms with Gasteiger partial charge in [-0.15, -0.1) is 16.4 Å². The average Bonchev–Trinajstić information content (AvgIpc) is 4.28. The van der Waals surface area contributed by atoms with E-state index in [-0.39, 0.29) is 49.0 Å². The first-order valence-corrected chi connectivity index (χ1v) is 30.4. The molecule has 3 aliphatic rings. The van der Waals surface area contributed by atoms with Crippen LogP contribution in [-0.2, 0) is 54.4 Å². The summed E-state index contributed by atoms with van der Waals surface area (Å²) in [6.07, 6.45) is 11.8. The molecule has 1 unspecified atom stereocenters. The lowest BCUT2D eigenvalue weighted by Gasteiger charge is -2.32. The molecule has 2 aliphatic carbocycles. The molecule has 3 aromatic carbocycles. The molecule has 0 spiro atoms. The number of carbonyl (C=O) groups is 4. The molecule has 8 rings (SSSR count). The molecule has 1 aliphatic heterocycles. The molecule has 2 fully saturated rings. The number of carbonyl (C=O) groups excluding carboxylic acids is 4. The molecule has 85 heavy (non-hydrogen) atoms. The summed E-state index contributed by atoms with van der Waals surface area (Å²) >= 11 is 1.28. The minimum absolute atomic E-state index is 0.0359. The highest BCUT2D eigenvalue weighted by Crippen LogP contribution is 2.36. The summed E-state index contributed by atoms with van der Waals surface area (Å²) < 4.78 is 50.8. The molecule has 0 radical (unpaired) electrons. The Balaban J connectivity index is 0.604. The van der Waals surface area contributed by atoms with Crippen molar-refractivity contribution in [3.8, 4) is 17.2 Å². The lowest BCUT2D eigenvalue weighted by Crippen LogP contribution is -2.47. The molecular weight excluding hydrogens is 1110 g/mol. The number of thiazole rings is 1. The number of nitrogens with one attached hydrogen (secondary N) is 3. The monoisotopic (exact) mass is 1190 g/mol. The van der Waals surface area contributed by atoms with Gasteiger partial charge in [-0.05, 0) is 131 Å². The number of hydrogen-bond donors (Lipinski definition) is 3. The number of anilines is 2. The predicted octanol–water partition coefficient (Wildman–Crippen LogP) is 7.52. The van der Waals surface area contributed by atoms with Gasteiger partial charge in [-0.25, -0.2) is 18.9 Å². The first kappa shape index (κ1) is 63.7. The van der Waals surface area contributed by atoms with Gasteiger partial charge >= 0.3 is 6.03 Å². The van der Waals surface area contributed by atoms with Crippen molar-refractivity contribution in [2.75, 3.05) is 131 Å². The molecular formula is C62H82FN11O10S. The number of rotatable bonds is 36. The fourth-order valence-electron chi connectivity index (χ4n) is 9.61. The number of likely N-dealkylation sites (N-methyl/N-ethyl adjacent to an activating group) is 2. The topological polar surface area (TPSA) is 216 Å². The van der Waals surface area contributed by atoms with Gasteiger partial charge < -0.3 is 58.7 Å². The van der Waals surface area contributed by atoms with Crippen LogP contribution in [0.15, 0.2) is 108 Å². The first-order chi connectivity index (χ1) is 41.5. The number of halogens is 1. The minimum atomic E-state index is -0.850. The molecule has 1 saturated heterocycles. The molecule has 5 aromatic rings. The fraction of sp³-hybridized carbons (Fsp3) is 0.500. The second-order valence-electron chi connectivity index (χ2n) is 21.3. The van der Waals surface area contributed by atoms with Gasteiger partial charge in [0.1, 0.15) is 35.7 Å². The Kier molecular flexibility index (Phi) is 25.5. The van der Waals surface area contributed by atoms with Crippen molar-refractivity contribution >= 4 is 45.9 Å². The number of ether oxygens (including phenoxy) is 6. The zero-order valence-corrected chi connectivity index (χ0v) is 50.0. The number of hydrogen-bond acceptors (Lipinski definition) is 16. The highest BCUT2D eigenvalue weighted by Gasteiger charge is 2.41. The summed E-state index contributed by atoms with van der Waals surface area (Å²) in [6.45, 7) is 9.41. The molecule has 458 valence electrons. The van der Waals surface area contributed by atoms with Crippen LogP contribution in [0.4, 0.5) is 20.0 Å². The highest BCUT2D eigenvalue weighted by atomic mass is 32.1. The summed E-state index contributed by atoms with van der Waals surface area (Å²) in [4.78, 5) is 65.6. The van der Waals surface area contributed by atoms with Crippen LogP contribution in [-0.4, -0.2) is 189 Å². The van der Waals surface area contributed by atoms with Crippen molar-refractivity contribution in [2.45, 2.75) is 82.8 Å². The lowest BCUT2D eigenvalue weighted by molar-refractivity contribution is -0.141. The van der Waals surface area contributed by atoms with E-state index in [9.17, 15) is 23.6 Å². The van der Waals surface area contributed by atoms with E-state index in [0.717, 1.165) is 75.3 Å². The summed E-state index contributed by atoms with van der Waals surface area (Å²) in [6, 6.07) is 20.8. The molecule has 1 atom stereocenters. The maximum absolute atomic E-state index is 14.5. The van der Waals surface area contributed by atoms with Crippen LogP contribution in [0.3, 0.4) is 0 Å². The quantitative estimate of drug-likeness (QED) is 0.0331. The number of piperazine rings is 1. The third kappa shape index (κ3) is 21.6. The smallest absolute Gasteiger partial charge is 0.325 e. The summed E-state index contributed by atoms with van der Waals surface area (Å²) in [7, 11) is 5.72. The van der Waals surface area contributed by atoms with Crippen molar-refractivity contribution in [1.82, 2.24) is 44.9 Å². The van der Waals surface area contributed by atoms with E-state index < -0.39 is 12.1 Å². The van der Waals surface area contributed by atoms with Crippen molar-refractivity contribution < 1.29 is 52.0 Å². The Bertz CT molecular complexity index is 2930. The number of aryl methyl sites for hydroxylation is 1. The normalized spacial score (nSPS) is 14.8. The van der Waals surface area contributed by atoms with Gasteiger partial charge in [0.2, 0.25) is 17.7 Å². The first-order valence-electron chi connectivity index (χ1n) is 29.5. The molecule has 21 nitrogen and oxygen atoms in total. The number of amides is 5. The van der Waals surface area contributed by atoms with E-state index in [1.54, 1.807) is 64.5 Å². The number of unbranched alkanes of at least 4 members (excludes halogenated alkanes) is 1. The van der Waals surface area contributed by atoms with Crippen LogP contribution in [0.5, 0.6) is 17.2 Å². The standard InChI is InChI=1S/C62H82FN11O10S/c1-70(27-6-7-34-83-54-19-10-46(11-20-54)12-25-57(75)74(52-17-18-52)59(47-13-21-53(79-3)22-14-47)60(77)64-43-48-8-4-5-9-56(48)63)32-36-81-39-38-80-35-26-50-44-73(69-68-50)33-37-82-40-41-84-55-23-15-49(16-24-55)65-61(78)67-62-66-51(45-85-62)42-58(76)72-30-28-71(2)29-31-72/h8-11,13-16,19-24,44-45,52,59H,4-7,12,17-18,25-43H2,1-3H3,(H,64,77)(H2,65,66,67,78). The Morgan fingerprint density at radius 1 is 0.753 bits per heavy atom. The summed E-state index contributed by atoms with van der Waals surface area (Å²) in [5.74, 6) is 1.37. The maximum atomic E-state index is 14.5. The van der Waals surface area contributed by atoms with Crippen LogP contribution >= 0.6 is 11.3 Å². The SMILES string of the molecule is COc1ccc(C(C(=O)NCC2=CCCC=C2F)N(C(=O)CCc2ccc(OCCCCN(C)CCOCCOCCc3cn(CCOCCOc4ccc(NC(=O)Nc5nc(CC(=O)N6CCN(C)CC6)cs5)cc4)nn3)cc2)C2CC2)cc1. The number of urea groups is 1. The second kappa shape index (κ2) is 34.0. The zero-order valence-electron chi connectivity index (χ0n) is 49.2. The van der Waals surface area contributed by atoms with Gasteiger partial charge in [0, 0.05) is 81.0 Å². The van der Waals surface area contributed by atoms with Crippen LogP contribution in [0.2, 0.25) is 0 Å². The third-order valence-corrected chi connectivity index (χ3v) is 15.5. The van der Waals surface area contributed by atoms with Crippen molar-refractivity contribution in [2.24, 2.45) is 0 Å². The van der Waals surface area contributed by atoms with Gasteiger partial charge in [-0.2, -0.15) is 0 Å². The van der Waals surface area contributed by atoms with E-state index in [2.05, 4.69) is 48.1 Å². The Labute approximate surface area is 501 Å². The van der Waals surface area contributed by atoms with Crippen LogP contribution in [0.25, 0.3) is 0 Å². The summed E-state index contributed by atoms with van der Waals surface area (Å²) in [5.41, 5.74) is 4.22. The highest BCUT2D eigenvalue weighted by molar-refractivity contribution is 7.14. The van der Waals surface area contributed by atoms with Gasteiger partial charge in [0.15, 0.2) is 5.13 Å². The zero-order chi connectivity index (χ0) is 59.6. The predicted molar refractivity (Wildman–Crippen MR) is 323 cm³/mol. The van der Waals surface area contributed by atoms with E-state index >= 15 is 0 Å². The van der Waals surface area contributed by atoms with E-state index in [1.165, 1.54) is 11.3 Å². The average molecular weight is 1190 g/mol. The summed E-state index contributed by atoms with van der Waals surface area (Å²) in [5, 5.41) is 19.1. The molecule has 5 amide bonds. The maximum Gasteiger partial charge on any atom is 0.325 e. The van der Waals surface area contributed by atoms with E-state index in [1.807, 2.05) is 60.6 Å². The largest absolute Gasteiger partial charge is 0.497 e. The molecule has 0 bridgehead atoms. The van der Waals surface area contributed by atoms with Gasteiger partial charge in [-0.3, -0.25) is 19.7 Å². The van der Waals surface area contributed by atoms with Gasteiger partial charge in [-0.1, -0.05) is 35.6 Å². The van der Waals surface area contributed by atoms with E-state index in [4.69, 9.17) is 28.4 Å². The van der Waals surface area contributed by atoms with E-state index in [0.29, 0.717) is 131 Å². The number of benzene rings is 3. The van der Waals surface area contributed by atoms with Crippen molar-refractivity contribution in [3.63, 3.8) is 0 Å². The molecule has 3 N–H and O–H groups in total. The van der Waals surface area contributed by atoms with Gasteiger partial charge in [0.05, 0.1) is 77.7 Å². The number of allylic oxidation sites excluding steroid dienone is 2. The van der Waals surface area contributed by atoms with Crippen LogP contribution < -0.4 is 30.2 Å². The van der Waals surface area contributed by atoms with Crippen molar-refractivity contribution in [1.29, 1.82) is 0 Å². The molecule has 1 saturated carbocycles. The lowest BCUT2D eigenvalue weighted by atomic mass is 10.0. The van der Waals surface area contributed by atoms with Crippen molar-refractivity contribution in [3.05, 3.63) is 130 Å². The second-order valence-corrected chi connectivity index (χ2v) is 22.2. The molecule has 3 heterocycles. The molecule has 23 heteroatoms. The van der Waals surface area contributed by atoms with Gasteiger partial charge in [0.25, 0.3) is 0 Å².